The molecule has 0 aromatic heterocycles. The van der Waals surface area contributed by atoms with Gasteiger partial charge in [0.25, 0.3) is 10.1 Å². The van der Waals surface area contributed by atoms with Crippen molar-refractivity contribution < 1.29 is 17.4 Å². The minimum atomic E-state index is -3.66. The number of carbonyl (C=O) groups is 1. The van der Waals surface area contributed by atoms with E-state index in [1.165, 1.54) is 11.8 Å². The second-order valence-corrected chi connectivity index (χ2v) is 9.12. The molecule has 0 saturated heterocycles. The van der Waals surface area contributed by atoms with Crippen molar-refractivity contribution in [3.63, 3.8) is 0 Å². The molecule has 1 rings (SSSR count). The van der Waals surface area contributed by atoms with Crippen molar-refractivity contribution in [1.29, 1.82) is 0 Å². The lowest BCUT2D eigenvalue weighted by Gasteiger charge is -2.04. The summed E-state index contributed by atoms with van der Waals surface area (Å²) < 4.78 is 29.1. The molecule has 0 bridgehead atoms. The Kier molecular flexibility index (Phi) is 12.1. The van der Waals surface area contributed by atoms with Crippen molar-refractivity contribution >= 4 is 27.0 Å². The molecule has 0 aliphatic rings. The van der Waals surface area contributed by atoms with Crippen LogP contribution in [0.3, 0.4) is 0 Å². The highest BCUT2D eigenvalue weighted by Gasteiger charge is 2.13. The SMILES string of the molecule is CC(=O)SCC/C=C/CCCC/C=C/CCOS(=O)(=O)c1ccc(C)cc1. The van der Waals surface area contributed by atoms with Gasteiger partial charge >= 0.3 is 0 Å². The average Bonchev–Trinajstić information content (AvgIpc) is 2.62. The van der Waals surface area contributed by atoms with Crippen molar-refractivity contribution in [2.45, 2.75) is 57.3 Å². The zero-order valence-corrected chi connectivity index (χ0v) is 17.9. The zero-order valence-electron chi connectivity index (χ0n) is 16.2. The van der Waals surface area contributed by atoms with E-state index in [2.05, 4.69) is 18.2 Å². The molecule has 0 unspecified atom stereocenters. The van der Waals surface area contributed by atoms with Crippen LogP contribution in [0, 0.1) is 6.92 Å². The molecule has 0 amide bonds. The Morgan fingerprint density at radius 2 is 1.52 bits per heavy atom. The lowest BCUT2D eigenvalue weighted by Crippen LogP contribution is -2.07. The van der Waals surface area contributed by atoms with E-state index in [0.717, 1.165) is 43.4 Å². The van der Waals surface area contributed by atoms with E-state index in [0.29, 0.717) is 6.42 Å². The molecule has 0 heterocycles. The summed E-state index contributed by atoms with van der Waals surface area (Å²) in [7, 11) is -3.66. The molecule has 150 valence electrons. The molecule has 0 spiro atoms. The Morgan fingerprint density at radius 1 is 0.963 bits per heavy atom. The molecule has 4 nitrogen and oxygen atoms in total. The minimum Gasteiger partial charge on any atom is -0.288 e. The number of aryl methyl sites for hydroxylation is 1. The Bertz CT molecular complexity index is 704. The van der Waals surface area contributed by atoms with Crippen LogP contribution in [0.25, 0.3) is 0 Å². The first-order valence-corrected chi connectivity index (χ1v) is 11.7. The van der Waals surface area contributed by atoms with Gasteiger partial charge in [0.05, 0.1) is 11.5 Å². The highest BCUT2D eigenvalue weighted by Crippen LogP contribution is 2.13. The van der Waals surface area contributed by atoms with Crippen LogP contribution in [0.5, 0.6) is 0 Å². The summed E-state index contributed by atoms with van der Waals surface area (Å²) in [6.07, 6.45) is 14.1. The third-order valence-corrected chi connectivity index (χ3v) is 5.92. The molecular weight excluding hydrogens is 380 g/mol. The number of hydrogen-bond acceptors (Lipinski definition) is 5. The molecule has 6 heteroatoms. The van der Waals surface area contributed by atoms with Gasteiger partial charge in [-0.3, -0.25) is 8.98 Å². The maximum atomic E-state index is 12.0. The first-order chi connectivity index (χ1) is 12.9. The molecule has 0 atom stereocenters. The Morgan fingerprint density at radius 3 is 2.11 bits per heavy atom. The van der Waals surface area contributed by atoms with Crippen LogP contribution in [-0.4, -0.2) is 25.9 Å². The molecule has 27 heavy (non-hydrogen) atoms. The molecule has 0 fully saturated rings. The normalized spacial score (nSPS) is 12.2. The first-order valence-electron chi connectivity index (χ1n) is 9.31. The van der Waals surface area contributed by atoms with Gasteiger partial charge in [0.15, 0.2) is 5.12 Å². The maximum absolute atomic E-state index is 12.0. The predicted octanol–water partition coefficient (Wildman–Crippen LogP) is 5.43. The number of rotatable bonds is 13. The highest BCUT2D eigenvalue weighted by atomic mass is 32.2. The van der Waals surface area contributed by atoms with E-state index in [1.807, 2.05) is 13.0 Å². The zero-order chi connectivity index (χ0) is 20.0. The van der Waals surface area contributed by atoms with E-state index in [4.69, 9.17) is 4.18 Å². The Labute approximate surface area is 168 Å². The van der Waals surface area contributed by atoms with Crippen LogP contribution >= 0.6 is 11.8 Å². The van der Waals surface area contributed by atoms with Crippen LogP contribution < -0.4 is 0 Å². The smallest absolute Gasteiger partial charge is 0.288 e. The molecule has 0 radical (unpaired) electrons. The van der Waals surface area contributed by atoms with Gasteiger partial charge in [0, 0.05) is 12.7 Å². The summed E-state index contributed by atoms with van der Waals surface area (Å²) in [6, 6.07) is 6.65. The monoisotopic (exact) mass is 410 g/mol. The molecule has 0 aliphatic heterocycles. The molecular formula is C21H30O4S2. The van der Waals surface area contributed by atoms with Gasteiger partial charge in [-0.25, -0.2) is 0 Å². The quantitative estimate of drug-likeness (QED) is 0.246. The van der Waals surface area contributed by atoms with E-state index in [-0.39, 0.29) is 16.6 Å². The van der Waals surface area contributed by atoms with Gasteiger partial charge < -0.3 is 0 Å². The number of allylic oxidation sites excluding steroid dienone is 3. The predicted molar refractivity (Wildman–Crippen MR) is 113 cm³/mol. The van der Waals surface area contributed by atoms with Crippen molar-refractivity contribution in [2.75, 3.05) is 12.4 Å². The third-order valence-electron chi connectivity index (χ3n) is 3.75. The number of hydrogen-bond donors (Lipinski definition) is 0. The fraction of sp³-hybridized carbons (Fsp3) is 0.476. The largest absolute Gasteiger partial charge is 0.296 e. The van der Waals surface area contributed by atoms with Crippen LogP contribution in [0.15, 0.2) is 53.5 Å². The molecule has 1 aromatic carbocycles. The van der Waals surface area contributed by atoms with Crippen molar-refractivity contribution in [3.05, 3.63) is 54.1 Å². The van der Waals surface area contributed by atoms with Gasteiger partial charge in [-0.05, 0) is 57.6 Å². The first kappa shape index (κ1) is 23.7. The van der Waals surface area contributed by atoms with Crippen LogP contribution in [0.4, 0.5) is 0 Å². The van der Waals surface area contributed by atoms with Gasteiger partial charge in [0.1, 0.15) is 0 Å². The number of unbranched alkanes of at least 4 members (excludes halogenated alkanes) is 3. The van der Waals surface area contributed by atoms with Gasteiger partial charge in [-0.2, -0.15) is 8.42 Å². The highest BCUT2D eigenvalue weighted by molar-refractivity contribution is 8.13. The van der Waals surface area contributed by atoms with Crippen LogP contribution in [0.1, 0.15) is 51.0 Å². The second kappa shape index (κ2) is 13.7. The van der Waals surface area contributed by atoms with E-state index < -0.39 is 10.1 Å². The van der Waals surface area contributed by atoms with Crippen LogP contribution in [-0.2, 0) is 19.1 Å². The van der Waals surface area contributed by atoms with E-state index in [1.54, 1.807) is 31.2 Å². The van der Waals surface area contributed by atoms with Gasteiger partial charge in [-0.1, -0.05) is 53.8 Å². The van der Waals surface area contributed by atoms with Crippen molar-refractivity contribution in [1.82, 2.24) is 0 Å². The molecule has 0 saturated carbocycles. The topological polar surface area (TPSA) is 60.4 Å². The standard InChI is InChI=1S/C21H30O4S2/c1-19-13-15-21(16-14-19)27(23,24)25-17-11-9-7-5-3-4-6-8-10-12-18-26-20(2)22/h7-10,13-16H,3-6,11-12,17-18H2,1-2H3/b9-7+,10-8+. The summed E-state index contributed by atoms with van der Waals surface area (Å²) in [5, 5.41) is 0.174. The molecule has 0 aliphatic carbocycles. The van der Waals surface area contributed by atoms with Gasteiger partial charge in [0.2, 0.25) is 0 Å². The number of thioether (sulfide) groups is 1. The minimum absolute atomic E-state index is 0.160. The van der Waals surface area contributed by atoms with Crippen molar-refractivity contribution in [2.24, 2.45) is 0 Å². The molecule has 0 N–H and O–H groups in total. The second-order valence-electron chi connectivity index (χ2n) is 6.23. The lowest BCUT2D eigenvalue weighted by atomic mass is 10.1. The van der Waals surface area contributed by atoms with E-state index in [9.17, 15) is 13.2 Å². The molecule has 1 aromatic rings. The van der Waals surface area contributed by atoms with Crippen LogP contribution in [0.2, 0.25) is 0 Å². The van der Waals surface area contributed by atoms with E-state index >= 15 is 0 Å². The lowest BCUT2D eigenvalue weighted by molar-refractivity contribution is -0.109. The van der Waals surface area contributed by atoms with Gasteiger partial charge in [-0.15, -0.1) is 0 Å². The third kappa shape index (κ3) is 11.8. The fourth-order valence-electron chi connectivity index (χ4n) is 2.27. The number of benzene rings is 1. The summed E-state index contributed by atoms with van der Waals surface area (Å²) in [5.41, 5.74) is 1.01. The Hall–Kier alpha value is -1.37. The van der Waals surface area contributed by atoms with Crippen molar-refractivity contribution in [3.8, 4) is 0 Å². The summed E-state index contributed by atoms with van der Waals surface area (Å²) in [4.78, 5) is 11.0. The maximum Gasteiger partial charge on any atom is 0.296 e. The average molecular weight is 411 g/mol. The summed E-state index contributed by atoms with van der Waals surface area (Å²) >= 11 is 1.37. The summed E-state index contributed by atoms with van der Waals surface area (Å²) in [5.74, 6) is 0.857. The number of carbonyl (C=O) groups excluding carboxylic acids is 1. The fourth-order valence-corrected chi connectivity index (χ4v) is 3.73. The Balaban J connectivity index is 2.05. The summed E-state index contributed by atoms with van der Waals surface area (Å²) in [6.45, 7) is 3.67.